The van der Waals surface area contributed by atoms with E-state index < -0.39 is 0 Å². The van der Waals surface area contributed by atoms with E-state index in [2.05, 4.69) is 4.99 Å². The lowest BCUT2D eigenvalue weighted by Crippen LogP contribution is -2.03. The van der Waals surface area contributed by atoms with Crippen molar-refractivity contribution < 1.29 is 4.79 Å². The van der Waals surface area contributed by atoms with Crippen LogP contribution in [0.5, 0.6) is 0 Å². The molecule has 2 N–H and O–H groups in total. The molecule has 0 fully saturated rings. The number of hydrogen-bond acceptors (Lipinski definition) is 2. The van der Waals surface area contributed by atoms with Gasteiger partial charge in [-0.15, -0.1) is 0 Å². The number of allylic oxidation sites excluding steroid dienone is 1. The molecular formula is C4H4N2O. The monoisotopic (exact) mass is 96.0 g/mol. The minimum absolute atomic E-state index is 0.222. The lowest BCUT2D eigenvalue weighted by Gasteiger charge is -1.79. The van der Waals surface area contributed by atoms with E-state index in [0.29, 0.717) is 0 Å². The van der Waals surface area contributed by atoms with Gasteiger partial charge in [0.2, 0.25) is 0 Å². The molecule has 36 valence electrons. The standard InChI is InChI=1S/C4H4N2O/c5-3-1-2-6-4(3)7/h1-2H,(H2,5,6,7). The van der Waals surface area contributed by atoms with Crippen LogP contribution < -0.4 is 5.73 Å². The van der Waals surface area contributed by atoms with Crippen molar-refractivity contribution in [1.29, 1.82) is 0 Å². The summed E-state index contributed by atoms with van der Waals surface area (Å²) in [4.78, 5) is 13.5. The largest absolute Gasteiger partial charge is 0.394 e. The van der Waals surface area contributed by atoms with Gasteiger partial charge in [0.1, 0.15) is 5.70 Å². The molecular weight excluding hydrogens is 92.1 g/mol. The molecule has 0 atom stereocenters. The number of rotatable bonds is 0. The van der Waals surface area contributed by atoms with Crippen LogP contribution in [0.3, 0.4) is 0 Å². The topological polar surface area (TPSA) is 55.4 Å². The SMILES string of the molecule is NC1=CC=NC1=O. The van der Waals surface area contributed by atoms with Crippen LogP contribution >= 0.6 is 0 Å². The van der Waals surface area contributed by atoms with Crippen molar-refractivity contribution in [3.05, 3.63) is 11.8 Å². The normalized spacial score (nSPS) is 17.7. The van der Waals surface area contributed by atoms with Gasteiger partial charge in [0.05, 0.1) is 0 Å². The predicted molar refractivity (Wildman–Crippen MR) is 25.8 cm³/mol. The number of amides is 1. The number of carbonyl (C=O) groups is 1. The van der Waals surface area contributed by atoms with Crippen LogP contribution in [0.25, 0.3) is 0 Å². The molecule has 0 spiro atoms. The van der Waals surface area contributed by atoms with Crippen LogP contribution in [0.15, 0.2) is 16.8 Å². The Hall–Kier alpha value is -1.12. The minimum atomic E-state index is -0.333. The summed E-state index contributed by atoms with van der Waals surface area (Å²) in [5.74, 6) is -0.333. The van der Waals surface area contributed by atoms with Crippen molar-refractivity contribution in [2.24, 2.45) is 10.7 Å². The maximum atomic E-state index is 10.2. The minimum Gasteiger partial charge on any atom is -0.394 e. The molecule has 1 aliphatic heterocycles. The summed E-state index contributed by atoms with van der Waals surface area (Å²) in [6.07, 6.45) is 2.86. The second kappa shape index (κ2) is 1.18. The van der Waals surface area contributed by atoms with Crippen molar-refractivity contribution in [3.8, 4) is 0 Å². The lowest BCUT2D eigenvalue weighted by atomic mass is 10.5. The third kappa shape index (κ3) is 0.513. The van der Waals surface area contributed by atoms with Gasteiger partial charge < -0.3 is 5.73 Å². The van der Waals surface area contributed by atoms with Crippen LogP contribution in [0, 0.1) is 0 Å². The first-order valence-corrected chi connectivity index (χ1v) is 1.85. The van der Waals surface area contributed by atoms with Crippen LogP contribution in [0.1, 0.15) is 0 Å². The average Bonchev–Trinajstić information content (AvgIpc) is 1.91. The molecule has 0 bridgehead atoms. The maximum Gasteiger partial charge on any atom is 0.292 e. The van der Waals surface area contributed by atoms with Crippen LogP contribution in [-0.4, -0.2) is 12.1 Å². The molecule has 1 heterocycles. The highest BCUT2D eigenvalue weighted by atomic mass is 16.1. The van der Waals surface area contributed by atoms with E-state index in [0.717, 1.165) is 0 Å². The fourth-order valence-electron chi connectivity index (χ4n) is 0.331. The predicted octanol–water partition coefficient (Wildman–Crippen LogP) is -0.560. The Morgan fingerprint density at radius 1 is 1.71 bits per heavy atom. The molecule has 1 aliphatic rings. The quantitative estimate of drug-likeness (QED) is 0.439. The van der Waals surface area contributed by atoms with Gasteiger partial charge in [-0.3, -0.25) is 4.79 Å². The van der Waals surface area contributed by atoms with Crippen molar-refractivity contribution in [1.82, 2.24) is 0 Å². The Bertz CT molecular complexity index is 157. The van der Waals surface area contributed by atoms with Crippen LogP contribution in [-0.2, 0) is 4.79 Å². The zero-order valence-electron chi connectivity index (χ0n) is 3.59. The van der Waals surface area contributed by atoms with Gasteiger partial charge in [0.15, 0.2) is 0 Å². The Kier molecular flexibility index (Phi) is 0.685. The van der Waals surface area contributed by atoms with E-state index >= 15 is 0 Å². The van der Waals surface area contributed by atoms with Crippen molar-refractivity contribution in [2.45, 2.75) is 0 Å². The van der Waals surface area contributed by atoms with Crippen LogP contribution in [0.2, 0.25) is 0 Å². The molecule has 0 aromatic heterocycles. The fraction of sp³-hybridized carbons (Fsp3) is 0. The summed E-state index contributed by atoms with van der Waals surface area (Å²) in [5, 5.41) is 0. The van der Waals surface area contributed by atoms with E-state index in [1.54, 1.807) is 0 Å². The zero-order chi connectivity index (χ0) is 5.28. The van der Waals surface area contributed by atoms with Crippen molar-refractivity contribution in [3.63, 3.8) is 0 Å². The van der Waals surface area contributed by atoms with Gasteiger partial charge >= 0.3 is 0 Å². The number of nitrogens with two attached hydrogens (primary N) is 1. The smallest absolute Gasteiger partial charge is 0.292 e. The molecule has 0 aromatic rings. The Labute approximate surface area is 40.5 Å². The van der Waals surface area contributed by atoms with Gasteiger partial charge in [0, 0.05) is 6.21 Å². The molecule has 3 nitrogen and oxygen atoms in total. The molecule has 0 aromatic carbocycles. The zero-order valence-corrected chi connectivity index (χ0v) is 3.59. The second-order valence-electron chi connectivity index (χ2n) is 1.21. The van der Waals surface area contributed by atoms with Crippen molar-refractivity contribution >= 4 is 12.1 Å². The van der Waals surface area contributed by atoms with Gasteiger partial charge in [-0.05, 0) is 6.08 Å². The summed E-state index contributed by atoms with van der Waals surface area (Å²) in [6.45, 7) is 0. The first-order chi connectivity index (χ1) is 3.30. The van der Waals surface area contributed by atoms with E-state index in [9.17, 15) is 4.79 Å². The average molecular weight is 96.1 g/mol. The lowest BCUT2D eigenvalue weighted by molar-refractivity contribution is -0.114. The van der Waals surface area contributed by atoms with Gasteiger partial charge in [-0.1, -0.05) is 0 Å². The Morgan fingerprint density at radius 3 is 2.57 bits per heavy atom. The number of carbonyl (C=O) groups excluding carboxylic acids is 1. The third-order valence-electron chi connectivity index (χ3n) is 0.693. The number of nitrogens with zero attached hydrogens (tertiary/aromatic N) is 1. The molecule has 1 amide bonds. The highest BCUT2D eigenvalue weighted by Crippen LogP contribution is 1.92. The molecule has 0 unspecified atom stereocenters. The summed E-state index contributed by atoms with van der Waals surface area (Å²) >= 11 is 0. The molecule has 0 saturated heterocycles. The van der Waals surface area contributed by atoms with E-state index in [4.69, 9.17) is 5.73 Å². The molecule has 0 saturated carbocycles. The van der Waals surface area contributed by atoms with Gasteiger partial charge in [0.25, 0.3) is 5.91 Å². The Morgan fingerprint density at radius 2 is 2.43 bits per heavy atom. The van der Waals surface area contributed by atoms with Crippen molar-refractivity contribution in [2.75, 3.05) is 0 Å². The molecule has 7 heavy (non-hydrogen) atoms. The summed E-state index contributed by atoms with van der Waals surface area (Å²) in [6, 6.07) is 0. The summed E-state index contributed by atoms with van der Waals surface area (Å²) in [5.41, 5.74) is 5.29. The van der Waals surface area contributed by atoms with E-state index in [1.807, 2.05) is 0 Å². The van der Waals surface area contributed by atoms with E-state index in [-0.39, 0.29) is 11.6 Å². The molecule has 1 rings (SSSR count). The highest BCUT2D eigenvalue weighted by Gasteiger charge is 2.03. The second-order valence-corrected chi connectivity index (χ2v) is 1.21. The summed E-state index contributed by atoms with van der Waals surface area (Å²) < 4.78 is 0. The van der Waals surface area contributed by atoms with Crippen LogP contribution in [0.4, 0.5) is 0 Å². The third-order valence-corrected chi connectivity index (χ3v) is 0.693. The van der Waals surface area contributed by atoms with Gasteiger partial charge in [-0.25, -0.2) is 4.99 Å². The number of hydrogen-bond donors (Lipinski definition) is 1. The molecule has 3 heteroatoms. The fourth-order valence-corrected chi connectivity index (χ4v) is 0.331. The summed E-state index contributed by atoms with van der Waals surface area (Å²) in [7, 11) is 0. The molecule has 0 aliphatic carbocycles. The first-order valence-electron chi connectivity index (χ1n) is 1.85. The number of aliphatic imine (C=N–C) groups is 1. The first kappa shape index (κ1) is 4.05. The Balaban J connectivity index is 2.89. The van der Waals surface area contributed by atoms with Gasteiger partial charge in [-0.2, -0.15) is 0 Å². The highest BCUT2D eigenvalue weighted by molar-refractivity contribution is 6.06. The maximum absolute atomic E-state index is 10.2. The molecule has 0 radical (unpaired) electrons. The van der Waals surface area contributed by atoms with E-state index in [1.165, 1.54) is 12.3 Å².